The topological polar surface area (TPSA) is 128 Å². The summed E-state index contributed by atoms with van der Waals surface area (Å²) < 4.78 is 0. The second kappa shape index (κ2) is 8.77. The maximum Gasteiger partial charge on any atom is 0.245 e. The Bertz CT molecular complexity index is 294. The molecule has 1 aromatic carbocycles. The highest BCUT2D eigenvalue weighted by molar-refractivity contribution is 5.75. The molecule has 0 saturated heterocycles. The molecule has 16 heavy (non-hydrogen) atoms. The molecule has 0 heterocycles. The summed E-state index contributed by atoms with van der Waals surface area (Å²) in [4.78, 5) is 10.8. The van der Waals surface area contributed by atoms with Crippen LogP contribution in [-0.4, -0.2) is 21.5 Å². The normalized spacial score (nSPS) is 11.0. The van der Waals surface area contributed by atoms with Crippen LogP contribution in [0.15, 0.2) is 30.3 Å². The molecule has 0 saturated carbocycles. The number of carbonyl (C=O) groups is 1. The van der Waals surface area contributed by atoms with E-state index in [0.29, 0.717) is 0 Å². The number of nitrogens with one attached hydrogen (secondary N) is 2. The quantitative estimate of drug-likeness (QED) is 0.317. The second-order valence-electron chi connectivity index (χ2n) is 2.83. The first kappa shape index (κ1) is 14.5. The van der Waals surface area contributed by atoms with E-state index in [4.69, 9.17) is 15.6 Å². The Morgan fingerprint density at radius 1 is 1.25 bits per heavy atom. The molecule has 1 atom stereocenters. The molecule has 7 N–H and O–H groups in total. The van der Waals surface area contributed by atoms with Crippen molar-refractivity contribution < 1.29 is 20.4 Å². The lowest BCUT2D eigenvalue weighted by atomic mass is 10.0. The molecule has 1 rings (SSSR count). The van der Waals surface area contributed by atoms with Gasteiger partial charge >= 0.3 is 0 Å². The van der Waals surface area contributed by atoms with Crippen LogP contribution in [0.25, 0.3) is 0 Å². The molecule has 7 nitrogen and oxygen atoms in total. The van der Waals surface area contributed by atoms with Gasteiger partial charge < -0.3 is 10.4 Å². The molecule has 1 amide bonds. The first-order valence-corrected chi connectivity index (χ1v) is 4.41. The van der Waals surface area contributed by atoms with E-state index in [0.717, 1.165) is 5.56 Å². The van der Waals surface area contributed by atoms with Crippen molar-refractivity contribution in [1.82, 2.24) is 11.0 Å². The Hall–Kier alpha value is -1.51. The molecule has 7 heteroatoms. The van der Waals surface area contributed by atoms with Gasteiger partial charge in [0.2, 0.25) is 5.91 Å². The van der Waals surface area contributed by atoms with Gasteiger partial charge in [-0.25, -0.2) is 11.4 Å². The zero-order valence-corrected chi connectivity index (χ0v) is 8.50. The molecular weight excluding hydrogens is 214 g/mol. The van der Waals surface area contributed by atoms with Crippen LogP contribution in [0.1, 0.15) is 18.0 Å². The fraction of sp³-hybridized carbons (Fsp3) is 0.222. The van der Waals surface area contributed by atoms with Crippen molar-refractivity contribution in [2.75, 3.05) is 0 Å². The molecule has 0 aliphatic carbocycles. The van der Waals surface area contributed by atoms with Crippen molar-refractivity contribution in [2.24, 2.45) is 5.90 Å². The van der Waals surface area contributed by atoms with Crippen molar-refractivity contribution in [2.45, 2.75) is 12.5 Å². The monoisotopic (exact) mass is 229 g/mol. The lowest BCUT2D eigenvalue weighted by Gasteiger charge is -2.13. The van der Waals surface area contributed by atoms with Crippen molar-refractivity contribution in [3.8, 4) is 0 Å². The Balaban J connectivity index is 0.00000106. The predicted molar refractivity (Wildman–Crippen MR) is 54.6 cm³/mol. The van der Waals surface area contributed by atoms with Gasteiger partial charge in [0.25, 0.3) is 0 Å². The molecule has 0 aliphatic rings. The Morgan fingerprint density at radius 2 is 1.81 bits per heavy atom. The Morgan fingerprint density at radius 3 is 2.25 bits per heavy atom. The number of hydroxylamine groups is 2. The van der Waals surface area contributed by atoms with Crippen molar-refractivity contribution in [3.63, 3.8) is 0 Å². The van der Waals surface area contributed by atoms with Gasteiger partial charge in [-0.3, -0.25) is 10.0 Å². The van der Waals surface area contributed by atoms with Crippen LogP contribution in [0.5, 0.6) is 0 Å². The van der Waals surface area contributed by atoms with Gasteiger partial charge in [0.15, 0.2) is 0 Å². The van der Waals surface area contributed by atoms with Gasteiger partial charge in [0.05, 0.1) is 12.5 Å². The summed E-state index contributed by atoms with van der Waals surface area (Å²) in [5, 5.41) is 23.6. The van der Waals surface area contributed by atoms with Crippen LogP contribution in [0.3, 0.4) is 0 Å². The zero-order chi connectivity index (χ0) is 12.4. The standard InChI is InChI=1S/C9H12N2O3.H3NO/c12-9(11-14)6-8(10-13)7-4-2-1-3-5-7;1-2/h1-5,8,10,13-14H,6H2,(H,11,12);2H,1H2. The van der Waals surface area contributed by atoms with Crippen LogP contribution in [0.2, 0.25) is 0 Å². The number of hydrogen-bond donors (Lipinski definition) is 6. The van der Waals surface area contributed by atoms with E-state index in [1.165, 1.54) is 5.48 Å². The third-order valence-corrected chi connectivity index (χ3v) is 1.87. The van der Waals surface area contributed by atoms with E-state index >= 15 is 0 Å². The zero-order valence-electron chi connectivity index (χ0n) is 8.50. The highest BCUT2D eigenvalue weighted by atomic mass is 16.5. The highest BCUT2D eigenvalue weighted by Gasteiger charge is 2.13. The van der Waals surface area contributed by atoms with Gasteiger partial charge in [-0.15, -0.1) is 0 Å². The van der Waals surface area contributed by atoms with Crippen LogP contribution in [0, 0.1) is 0 Å². The van der Waals surface area contributed by atoms with Crippen molar-refractivity contribution in [3.05, 3.63) is 35.9 Å². The first-order valence-electron chi connectivity index (χ1n) is 4.41. The number of benzene rings is 1. The lowest BCUT2D eigenvalue weighted by molar-refractivity contribution is -0.130. The van der Waals surface area contributed by atoms with Gasteiger partial charge in [-0.2, -0.15) is 5.48 Å². The molecular formula is C9H15N3O4. The summed E-state index contributed by atoms with van der Waals surface area (Å²) in [6.07, 6.45) is -0.0307. The van der Waals surface area contributed by atoms with Crippen molar-refractivity contribution in [1.29, 1.82) is 0 Å². The summed E-state index contributed by atoms with van der Waals surface area (Å²) in [7, 11) is 0. The summed E-state index contributed by atoms with van der Waals surface area (Å²) in [5.74, 6) is 2.94. The van der Waals surface area contributed by atoms with E-state index in [9.17, 15) is 4.79 Å². The molecule has 0 aliphatic heterocycles. The average Bonchev–Trinajstić information content (AvgIpc) is 2.39. The van der Waals surface area contributed by atoms with E-state index in [1.807, 2.05) is 11.5 Å². The fourth-order valence-electron chi connectivity index (χ4n) is 1.15. The summed E-state index contributed by atoms with van der Waals surface area (Å²) in [5.41, 5.74) is 4.30. The maximum atomic E-state index is 10.8. The lowest BCUT2D eigenvalue weighted by Crippen LogP contribution is -2.26. The first-order chi connectivity index (χ1) is 7.77. The molecule has 0 bridgehead atoms. The number of nitrogens with two attached hydrogens (primary N) is 1. The van der Waals surface area contributed by atoms with E-state index in [1.54, 1.807) is 24.3 Å². The van der Waals surface area contributed by atoms with Crippen molar-refractivity contribution >= 4 is 5.91 Å². The molecule has 0 radical (unpaired) electrons. The number of rotatable bonds is 4. The summed E-state index contributed by atoms with van der Waals surface area (Å²) >= 11 is 0. The van der Waals surface area contributed by atoms with E-state index in [2.05, 4.69) is 5.90 Å². The summed E-state index contributed by atoms with van der Waals surface area (Å²) in [6, 6.07) is 8.48. The number of hydrogen-bond acceptors (Lipinski definition) is 6. The van der Waals surface area contributed by atoms with Gasteiger partial charge in [-0.05, 0) is 5.56 Å². The molecule has 1 aromatic rings. The smallest absolute Gasteiger partial charge is 0.245 e. The minimum atomic E-state index is -0.555. The van der Waals surface area contributed by atoms with Gasteiger partial charge in [-0.1, -0.05) is 30.3 Å². The van der Waals surface area contributed by atoms with Crippen LogP contribution in [-0.2, 0) is 4.79 Å². The highest BCUT2D eigenvalue weighted by Crippen LogP contribution is 2.15. The van der Waals surface area contributed by atoms with Crippen LogP contribution >= 0.6 is 0 Å². The molecule has 0 fully saturated rings. The minimum Gasteiger partial charge on any atom is -0.320 e. The third-order valence-electron chi connectivity index (χ3n) is 1.87. The van der Waals surface area contributed by atoms with Crippen LogP contribution < -0.4 is 16.9 Å². The number of carbonyl (C=O) groups excluding carboxylic acids is 1. The Labute approximate surface area is 92.4 Å². The minimum absolute atomic E-state index is 0.0307. The Kier molecular flexibility index (Phi) is 7.94. The van der Waals surface area contributed by atoms with Gasteiger partial charge in [0, 0.05) is 0 Å². The average molecular weight is 229 g/mol. The molecule has 1 unspecified atom stereocenters. The second-order valence-corrected chi connectivity index (χ2v) is 2.83. The van der Waals surface area contributed by atoms with Crippen LogP contribution in [0.4, 0.5) is 0 Å². The van der Waals surface area contributed by atoms with Gasteiger partial charge in [0.1, 0.15) is 0 Å². The molecule has 0 aromatic heterocycles. The molecule has 90 valence electrons. The maximum absolute atomic E-state index is 10.8. The SMILES string of the molecule is NO.O=C(CC(NO)c1ccccc1)NO. The largest absolute Gasteiger partial charge is 0.320 e. The number of amides is 1. The fourth-order valence-corrected chi connectivity index (χ4v) is 1.15. The third kappa shape index (κ3) is 4.82. The summed E-state index contributed by atoms with van der Waals surface area (Å²) in [6.45, 7) is 0. The van der Waals surface area contributed by atoms with E-state index < -0.39 is 11.9 Å². The molecule has 0 spiro atoms. The predicted octanol–water partition coefficient (Wildman–Crippen LogP) is -0.0637. The van der Waals surface area contributed by atoms with E-state index in [-0.39, 0.29) is 6.42 Å².